The molecule has 1 aromatic heterocycles. The summed E-state index contributed by atoms with van der Waals surface area (Å²) in [6.45, 7) is 3.94. The zero-order valence-electron chi connectivity index (χ0n) is 24.4. The number of H-pyrrole nitrogens is 1. The number of benzene rings is 1. The van der Waals surface area contributed by atoms with Gasteiger partial charge in [0.1, 0.15) is 18.1 Å². The number of hydrogen-bond acceptors (Lipinski definition) is 7. The number of aliphatic carboxylic acids is 1. The molecule has 1 aromatic carbocycles. The zero-order valence-corrected chi connectivity index (χ0v) is 25.2. The fourth-order valence-electron chi connectivity index (χ4n) is 4.42. The normalized spacial score (nSPS) is 14.0. The third kappa shape index (κ3) is 11.2. The standard InChI is InChI=1S/C28H44N8O5S/c1-16(2)13-23(27(40)41)36-26(39)22(10-12-42-3)35-25(38)21(9-6-11-32-28(30)31)34-24(37)19(29)14-17-15-33-20-8-5-4-7-18(17)20/h4-5,7-8,15-16,19,21-23,33H,6,9-14,29H2,1-3H3,(H,34,37)(H,35,38)(H,36,39)(H,40,41)(H4,30,31,32). The van der Waals surface area contributed by atoms with Gasteiger partial charge in [0.25, 0.3) is 0 Å². The first-order valence-electron chi connectivity index (χ1n) is 13.9. The average molecular weight is 605 g/mol. The number of aromatic amines is 1. The predicted octanol–water partition coefficient (Wildman–Crippen LogP) is 0.430. The van der Waals surface area contributed by atoms with Crippen LogP contribution in [0.25, 0.3) is 10.9 Å². The molecule has 0 fully saturated rings. The van der Waals surface area contributed by atoms with E-state index in [1.165, 1.54) is 11.8 Å². The summed E-state index contributed by atoms with van der Waals surface area (Å²) in [6, 6.07) is 3.58. The van der Waals surface area contributed by atoms with Crippen LogP contribution in [0.3, 0.4) is 0 Å². The Morgan fingerprint density at radius 2 is 1.60 bits per heavy atom. The van der Waals surface area contributed by atoms with Crippen LogP contribution in [0.15, 0.2) is 35.5 Å². The number of hydrogen-bond donors (Lipinski definition) is 8. The van der Waals surface area contributed by atoms with Gasteiger partial charge in [-0.25, -0.2) is 4.79 Å². The van der Waals surface area contributed by atoms with E-state index in [0.29, 0.717) is 12.2 Å². The Balaban J connectivity index is 2.17. The minimum Gasteiger partial charge on any atom is -0.480 e. The summed E-state index contributed by atoms with van der Waals surface area (Å²) < 4.78 is 0. The maximum atomic E-state index is 13.4. The van der Waals surface area contributed by atoms with Crippen molar-refractivity contribution in [3.05, 3.63) is 36.0 Å². The van der Waals surface area contributed by atoms with Gasteiger partial charge in [-0.05, 0) is 61.7 Å². The van der Waals surface area contributed by atoms with Crippen LogP contribution in [-0.2, 0) is 25.6 Å². The van der Waals surface area contributed by atoms with Crippen molar-refractivity contribution in [2.75, 3.05) is 18.6 Å². The Morgan fingerprint density at radius 3 is 2.21 bits per heavy atom. The molecule has 11 N–H and O–H groups in total. The molecule has 4 unspecified atom stereocenters. The highest BCUT2D eigenvalue weighted by Gasteiger charge is 2.30. The van der Waals surface area contributed by atoms with Crippen molar-refractivity contribution >= 4 is 52.3 Å². The lowest BCUT2D eigenvalue weighted by atomic mass is 10.0. The number of fused-ring (bicyclic) bond motifs is 1. The quantitative estimate of drug-likeness (QED) is 0.0669. The molecule has 2 aromatic rings. The number of carbonyl (C=O) groups is 4. The number of aliphatic imine (C=N–C) groups is 1. The summed E-state index contributed by atoms with van der Waals surface area (Å²) in [7, 11) is 0. The van der Waals surface area contributed by atoms with Gasteiger partial charge in [-0.1, -0.05) is 32.0 Å². The molecule has 0 aliphatic carbocycles. The Hall–Kier alpha value is -3.78. The van der Waals surface area contributed by atoms with Gasteiger partial charge >= 0.3 is 5.97 Å². The van der Waals surface area contributed by atoms with E-state index in [-0.39, 0.29) is 44.1 Å². The van der Waals surface area contributed by atoms with Gasteiger partial charge in [0.2, 0.25) is 17.7 Å². The van der Waals surface area contributed by atoms with Crippen LogP contribution in [0.4, 0.5) is 0 Å². The van der Waals surface area contributed by atoms with Gasteiger partial charge in [0, 0.05) is 23.6 Å². The Morgan fingerprint density at radius 1 is 0.976 bits per heavy atom. The minimum absolute atomic E-state index is 0.0314. The summed E-state index contributed by atoms with van der Waals surface area (Å²) in [5.41, 5.74) is 18.8. The maximum Gasteiger partial charge on any atom is 0.326 e. The molecule has 0 radical (unpaired) electrons. The molecular formula is C28H44N8O5S. The molecule has 42 heavy (non-hydrogen) atoms. The monoisotopic (exact) mass is 604 g/mol. The molecule has 232 valence electrons. The lowest BCUT2D eigenvalue weighted by molar-refractivity contribution is -0.142. The van der Waals surface area contributed by atoms with Crippen molar-refractivity contribution in [1.82, 2.24) is 20.9 Å². The van der Waals surface area contributed by atoms with Crippen LogP contribution in [0.1, 0.15) is 45.1 Å². The molecule has 0 aliphatic heterocycles. The number of nitrogens with two attached hydrogens (primary N) is 3. The number of para-hydroxylation sites is 1. The van der Waals surface area contributed by atoms with E-state index in [1.807, 2.05) is 44.4 Å². The van der Waals surface area contributed by atoms with Crippen LogP contribution in [0.5, 0.6) is 0 Å². The zero-order chi connectivity index (χ0) is 31.2. The van der Waals surface area contributed by atoms with Crippen molar-refractivity contribution in [2.24, 2.45) is 28.1 Å². The van der Waals surface area contributed by atoms with E-state index in [1.54, 1.807) is 6.20 Å². The molecule has 3 amide bonds. The highest BCUT2D eigenvalue weighted by atomic mass is 32.2. The smallest absolute Gasteiger partial charge is 0.326 e. The fourth-order valence-corrected chi connectivity index (χ4v) is 4.89. The summed E-state index contributed by atoms with van der Waals surface area (Å²) in [4.78, 5) is 58.5. The molecule has 0 spiro atoms. The molecule has 13 nitrogen and oxygen atoms in total. The van der Waals surface area contributed by atoms with E-state index in [2.05, 4.69) is 25.9 Å². The first-order chi connectivity index (χ1) is 19.9. The first kappa shape index (κ1) is 34.4. The summed E-state index contributed by atoms with van der Waals surface area (Å²) >= 11 is 1.48. The average Bonchev–Trinajstić information content (AvgIpc) is 3.34. The van der Waals surface area contributed by atoms with Crippen LogP contribution in [0.2, 0.25) is 0 Å². The number of rotatable bonds is 18. The van der Waals surface area contributed by atoms with Crippen LogP contribution in [0, 0.1) is 5.92 Å². The number of aromatic nitrogens is 1. The van der Waals surface area contributed by atoms with Gasteiger partial charge in [0.05, 0.1) is 6.04 Å². The number of nitrogens with one attached hydrogen (secondary N) is 4. The molecule has 0 saturated carbocycles. The molecule has 1 heterocycles. The minimum atomic E-state index is -1.15. The highest BCUT2D eigenvalue weighted by Crippen LogP contribution is 2.19. The number of thioether (sulfide) groups is 1. The second-order valence-corrected chi connectivity index (χ2v) is 11.5. The van der Waals surface area contributed by atoms with Crippen molar-refractivity contribution < 1.29 is 24.3 Å². The molecule has 0 bridgehead atoms. The third-order valence-electron chi connectivity index (χ3n) is 6.60. The third-order valence-corrected chi connectivity index (χ3v) is 7.24. The fraction of sp³-hybridized carbons (Fsp3) is 0.536. The molecule has 4 atom stereocenters. The van der Waals surface area contributed by atoms with Gasteiger partial charge in [-0.3, -0.25) is 19.4 Å². The molecule has 2 rings (SSSR count). The van der Waals surface area contributed by atoms with Crippen LogP contribution >= 0.6 is 11.8 Å². The Labute approximate surface area is 250 Å². The Bertz CT molecular complexity index is 1230. The topological polar surface area (TPSA) is 231 Å². The number of carboxylic acids is 1. The number of carbonyl (C=O) groups excluding carboxylic acids is 3. The van der Waals surface area contributed by atoms with E-state index >= 15 is 0 Å². The molecule has 0 saturated heterocycles. The SMILES string of the molecule is CSCCC(NC(=O)C(CCCN=C(N)N)NC(=O)C(N)Cc1c[nH]c2ccccc12)C(=O)NC(CC(C)C)C(=O)O. The first-order valence-corrected chi connectivity index (χ1v) is 15.3. The van der Waals surface area contributed by atoms with Crippen molar-refractivity contribution in [2.45, 2.75) is 70.1 Å². The lowest BCUT2D eigenvalue weighted by Crippen LogP contribution is -2.57. The predicted molar refractivity (Wildman–Crippen MR) is 166 cm³/mol. The van der Waals surface area contributed by atoms with Gasteiger partial charge < -0.3 is 43.2 Å². The number of carboxylic acid groups (broad SMARTS) is 1. The number of guanidine groups is 1. The van der Waals surface area contributed by atoms with Crippen molar-refractivity contribution in [3.63, 3.8) is 0 Å². The van der Waals surface area contributed by atoms with Crippen molar-refractivity contribution in [1.29, 1.82) is 0 Å². The summed E-state index contributed by atoms with van der Waals surface area (Å²) in [5.74, 6) is -2.40. The van der Waals surface area contributed by atoms with Crippen molar-refractivity contribution in [3.8, 4) is 0 Å². The second-order valence-electron chi connectivity index (χ2n) is 10.6. The second kappa shape index (κ2) is 17.2. The highest BCUT2D eigenvalue weighted by molar-refractivity contribution is 7.98. The number of nitrogens with zero attached hydrogens (tertiary/aromatic N) is 1. The molecular weight excluding hydrogens is 560 g/mol. The Kier molecular flexibility index (Phi) is 14.1. The molecule has 14 heteroatoms. The summed E-state index contributed by atoms with van der Waals surface area (Å²) in [6.07, 6.45) is 4.95. The summed E-state index contributed by atoms with van der Waals surface area (Å²) in [5, 5.41) is 18.5. The van der Waals surface area contributed by atoms with E-state index in [0.717, 1.165) is 16.5 Å². The van der Waals surface area contributed by atoms with Crippen LogP contribution in [-0.4, -0.2) is 82.5 Å². The lowest BCUT2D eigenvalue weighted by Gasteiger charge is -2.25. The maximum absolute atomic E-state index is 13.4. The van der Waals surface area contributed by atoms with Gasteiger partial charge in [0.15, 0.2) is 5.96 Å². The largest absolute Gasteiger partial charge is 0.480 e. The van der Waals surface area contributed by atoms with Crippen LogP contribution < -0.4 is 33.2 Å². The van der Waals surface area contributed by atoms with E-state index in [4.69, 9.17) is 17.2 Å². The number of amides is 3. The molecule has 0 aliphatic rings. The van der Waals surface area contributed by atoms with E-state index < -0.39 is 47.9 Å². The van der Waals surface area contributed by atoms with Gasteiger partial charge in [-0.2, -0.15) is 11.8 Å². The van der Waals surface area contributed by atoms with E-state index in [9.17, 15) is 24.3 Å². The van der Waals surface area contributed by atoms with Gasteiger partial charge in [-0.15, -0.1) is 0 Å².